The van der Waals surface area contributed by atoms with E-state index in [0.29, 0.717) is 13.1 Å². The first kappa shape index (κ1) is 18.7. The van der Waals surface area contributed by atoms with Gasteiger partial charge in [0.25, 0.3) is 0 Å². The van der Waals surface area contributed by atoms with Crippen molar-refractivity contribution in [3.8, 4) is 11.1 Å². The lowest BCUT2D eigenvalue weighted by Crippen LogP contribution is -2.37. The minimum atomic E-state index is -0.0107. The van der Waals surface area contributed by atoms with Crippen LogP contribution in [0.1, 0.15) is 26.8 Å². The summed E-state index contributed by atoms with van der Waals surface area (Å²) < 4.78 is 0. The molecule has 1 aliphatic heterocycles. The lowest BCUT2D eigenvalue weighted by Gasteiger charge is -2.33. The average molecular weight is 385 g/mol. The van der Waals surface area contributed by atoms with Crippen molar-refractivity contribution in [2.24, 2.45) is 0 Å². The third-order valence-electron chi connectivity index (χ3n) is 5.30. The van der Waals surface area contributed by atoms with Crippen molar-refractivity contribution in [3.05, 3.63) is 82.3 Å². The largest absolute Gasteiger partial charge is 0.333 e. The molecule has 1 aromatic carbocycles. The Labute approximate surface area is 171 Å². The highest BCUT2D eigenvalue weighted by Gasteiger charge is 2.31. The smallest absolute Gasteiger partial charge is 0.246 e. The van der Waals surface area contributed by atoms with E-state index in [1.165, 1.54) is 32.5 Å². The Morgan fingerprint density at radius 1 is 1.29 bits per heavy atom. The third-order valence-corrected chi connectivity index (χ3v) is 6.36. The van der Waals surface area contributed by atoms with E-state index < -0.39 is 0 Å². The number of hydrogen-bond acceptors (Lipinski definition) is 3. The Hall–Kier alpha value is -2.66. The maximum absolute atomic E-state index is 12.4. The minimum absolute atomic E-state index is 0.0107. The molecule has 1 aliphatic rings. The van der Waals surface area contributed by atoms with Gasteiger partial charge in [-0.1, -0.05) is 49.2 Å². The van der Waals surface area contributed by atoms with Crippen molar-refractivity contribution in [1.29, 1.82) is 0 Å². The molecule has 139 valence electrons. The number of amides is 1. The predicted octanol–water partition coefficient (Wildman–Crippen LogP) is 4.16. The van der Waals surface area contributed by atoms with Gasteiger partial charge in [0, 0.05) is 34.6 Å². The Morgan fingerprint density at radius 2 is 2.11 bits per heavy atom. The van der Waals surface area contributed by atoms with Gasteiger partial charge in [0.2, 0.25) is 5.91 Å². The summed E-state index contributed by atoms with van der Waals surface area (Å²) in [5.41, 5.74) is 5.96. The maximum Gasteiger partial charge on any atom is 0.246 e. The van der Waals surface area contributed by atoms with E-state index in [4.69, 9.17) is 0 Å². The van der Waals surface area contributed by atoms with Crippen molar-refractivity contribution in [2.75, 3.05) is 6.54 Å². The summed E-state index contributed by atoms with van der Waals surface area (Å²) in [6, 6.07) is 12.9. The highest BCUT2D eigenvalue weighted by molar-refractivity contribution is 7.12. The van der Waals surface area contributed by atoms with E-state index in [0.717, 1.165) is 11.0 Å². The lowest BCUT2D eigenvalue weighted by atomic mass is 9.73. The van der Waals surface area contributed by atoms with Gasteiger partial charge in [0.15, 0.2) is 0 Å². The molecular weight excluding hydrogens is 363 g/mol. The molecule has 1 radical (unpaired) electrons. The van der Waals surface area contributed by atoms with Gasteiger partial charge in [-0.3, -0.25) is 9.78 Å². The molecule has 1 atom stereocenters. The summed E-state index contributed by atoms with van der Waals surface area (Å²) >= 11 is 1.78. The van der Waals surface area contributed by atoms with E-state index in [1.54, 1.807) is 11.3 Å². The molecule has 2 aromatic heterocycles. The van der Waals surface area contributed by atoms with Crippen LogP contribution in [0.5, 0.6) is 0 Å². The van der Waals surface area contributed by atoms with Gasteiger partial charge in [-0.25, -0.2) is 0 Å². The Kier molecular flexibility index (Phi) is 5.18. The number of hydrogen-bond donors (Lipinski definition) is 0. The van der Waals surface area contributed by atoms with Crippen molar-refractivity contribution in [2.45, 2.75) is 26.2 Å². The highest BCUT2D eigenvalue weighted by Crippen LogP contribution is 2.41. The molecule has 0 saturated carbocycles. The molecule has 3 aromatic rings. The van der Waals surface area contributed by atoms with Gasteiger partial charge in [0.1, 0.15) is 7.28 Å². The highest BCUT2D eigenvalue weighted by atomic mass is 32.1. The molecule has 1 unspecified atom stereocenters. The topological polar surface area (TPSA) is 33.2 Å². The summed E-state index contributed by atoms with van der Waals surface area (Å²) in [7, 11) is 2.06. The van der Waals surface area contributed by atoms with Gasteiger partial charge >= 0.3 is 0 Å². The molecule has 28 heavy (non-hydrogen) atoms. The maximum atomic E-state index is 12.4. The first-order chi connectivity index (χ1) is 13.6. The lowest BCUT2D eigenvalue weighted by molar-refractivity contribution is -0.127. The van der Waals surface area contributed by atoms with E-state index in [2.05, 4.69) is 62.2 Å². The van der Waals surface area contributed by atoms with Crippen molar-refractivity contribution >= 4 is 30.0 Å². The molecule has 0 N–H and O–H groups in total. The number of aryl methyl sites for hydroxylation is 1. The molecule has 1 amide bonds. The van der Waals surface area contributed by atoms with Crippen LogP contribution in [0.4, 0.5) is 0 Å². The SMILES string of the molecule is C=CC(=O)N1Cc2sc(C)cc2C(c2ccccc2-c2cncc([B]C)c2)C1. The normalized spacial score (nSPS) is 15.8. The molecule has 3 nitrogen and oxygen atoms in total. The fourth-order valence-electron chi connectivity index (χ4n) is 3.95. The standard InChI is InChI=1S/C23H22BN2OS/c1-4-23(27)26-13-21(20-9-15(2)28-22(20)14-26)19-8-6-5-7-18(19)16-10-17(24-3)12-25-11-16/h4-12,21H,1,13-14H2,2-3H3. The van der Waals surface area contributed by atoms with Crippen LogP contribution < -0.4 is 5.46 Å². The zero-order chi connectivity index (χ0) is 19.7. The Balaban J connectivity index is 1.84. The molecule has 0 bridgehead atoms. The van der Waals surface area contributed by atoms with Crippen LogP contribution in [0.15, 0.2) is 61.4 Å². The number of rotatable bonds is 4. The summed E-state index contributed by atoms with van der Waals surface area (Å²) in [5, 5.41) is 0. The van der Waals surface area contributed by atoms with Crippen molar-refractivity contribution < 1.29 is 4.79 Å². The van der Waals surface area contributed by atoms with Gasteiger partial charge in [0.05, 0.1) is 6.54 Å². The summed E-state index contributed by atoms with van der Waals surface area (Å²) in [4.78, 5) is 21.3. The van der Waals surface area contributed by atoms with Crippen LogP contribution in [0, 0.1) is 6.92 Å². The second-order valence-corrected chi connectivity index (χ2v) is 8.43. The van der Waals surface area contributed by atoms with E-state index >= 15 is 0 Å². The van der Waals surface area contributed by atoms with Crippen LogP contribution in [-0.2, 0) is 11.3 Å². The monoisotopic (exact) mass is 385 g/mol. The fourth-order valence-corrected chi connectivity index (χ4v) is 5.06. The number of carbonyl (C=O) groups excluding carboxylic acids is 1. The number of pyridine rings is 1. The van der Waals surface area contributed by atoms with E-state index in [-0.39, 0.29) is 11.8 Å². The van der Waals surface area contributed by atoms with Gasteiger partial charge in [-0.2, -0.15) is 0 Å². The number of aromatic nitrogens is 1. The van der Waals surface area contributed by atoms with Gasteiger partial charge in [-0.05, 0) is 41.3 Å². The predicted molar refractivity (Wildman–Crippen MR) is 117 cm³/mol. The molecule has 4 rings (SSSR count). The molecule has 0 saturated heterocycles. The molecule has 5 heteroatoms. The summed E-state index contributed by atoms with van der Waals surface area (Å²) in [6.07, 6.45) is 5.21. The average Bonchev–Trinajstić information content (AvgIpc) is 3.12. The molecule has 0 fully saturated rings. The van der Waals surface area contributed by atoms with Crippen LogP contribution in [0.2, 0.25) is 6.82 Å². The fraction of sp³-hybridized carbons (Fsp3) is 0.217. The van der Waals surface area contributed by atoms with Crippen LogP contribution in [0.3, 0.4) is 0 Å². The summed E-state index contributed by atoms with van der Waals surface area (Å²) in [6.45, 7) is 9.17. The quantitative estimate of drug-likeness (QED) is 0.499. The third kappa shape index (κ3) is 3.42. The van der Waals surface area contributed by atoms with Crippen LogP contribution >= 0.6 is 11.3 Å². The Morgan fingerprint density at radius 3 is 2.89 bits per heavy atom. The number of fused-ring (bicyclic) bond motifs is 1. The van der Waals surface area contributed by atoms with Gasteiger partial charge < -0.3 is 4.90 Å². The molecular formula is C23H22BN2OS. The van der Waals surface area contributed by atoms with E-state index in [1.807, 2.05) is 24.1 Å². The second-order valence-electron chi connectivity index (χ2n) is 7.09. The number of benzene rings is 1. The van der Waals surface area contributed by atoms with Gasteiger partial charge in [-0.15, -0.1) is 11.3 Å². The zero-order valence-corrected chi connectivity index (χ0v) is 17.0. The van der Waals surface area contributed by atoms with Crippen LogP contribution in [-0.4, -0.2) is 29.6 Å². The summed E-state index contributed by atoms with van der Waals surface area (Å²) in [5.74, 6) is 0.131. The number of carbonyl (C=O) groups is 1. The zero-order valence-electron chi connectivity index (χ0n) is 16.2. The molecule has 0 spiro atoms. The van der Waals surface area contributed by atoms with Crippen LogP contribution in [0.25, 0.3) is 11.1 Å². The first-order valence-corrected chi connectivity index (χ1v) is 10.3. The molecule has 0 aliphatic carbocycles. The van der Waals surface area contributed by atoms with Crippen molar-refractivity contribution in [3.63, 3.8) is 0 Å². The number of nitrogens with zero attached hydrogens (tertiary/aromatic N) is 2. The molecule has 3 heterocycles. The first-order valence-electron chi connectivity index (χ1n) is 9.45. The minimum Gasteiger partial charge on any atom is -0.333 e. The number of thiophene rings is 1. The Bertz CT molecular complexity index is 1040. The van der Waals surface area contributed by atoms with E-state index in [9.17, 15) is 4.79 Å². The van der Waals surface area contributed by atoms with Crippen molar-refractivity contribution in [1.82, 2.24) is 9.88 Å². The second kappa shape index (κ2) is 7.76.